The Kier molecular flexibility index (Phi) is 7.38. The maximum Gasteiger partial charge on any atom is 0.0992 e. The van der Waals surface area contributed by atoms with Crippen molar-refractivity contribution in [2.24, 2.45) is 0 Å². The van der Waals surface area contributed by atoms with Crippen LogP contribution < -0.4 is 4.90 Å². The first kappa shape index (κ1) is 31.4. The van der Waals surface area contributed by atoms with Gasteiger partial charge in [0.05, 0.1) is 33.7 Å². The summed E-state index contributed by atoms with van der Waals surface area (Å²) in [6.45, 7) is 2.16. The molecule has 4 nitrogen and oxygen atoms in total. The van der Waals surface area contributed by atoms with E-state index < -0.39 is 0 Å². The summed E-state index contributed by atoms with van der Waals surface area (Å²) < 4.78 is 4.66. The molecular weight excluding hydrogens is 657 g/mol. The number of benzene rings is 8. The van der Waals surface area contributed by atoms with Gasteiger partial charge in [-0.15, -0.1) is 0 Å². The number of rotatable bonds is 6. The quantitative estimate of drug-likeness (QED) is 0.174. The second kappa shape index (κ2) is 12.7. The van der Waals surface area contributed by atoms with Crippen LogP contribution in [0.1, 0.15) is 11.1 Å². The molecule has 0 aliphatic rings. The average Bonchev–Trinajstić information content (AvgIpc) is 3.75. The minimum Gasteiger partial charge on any atom is -0.310 e. The fraction of sp³-hybridized carbons (Fsp3) is 0.0200. The molecule has 254 valence electrons. The number of nitriles is 1. The second-order valence-corrected chi connectivity index (χ2v) is 13.8. The number of hydrogen-bond donors (Lipinski definition) is 0. The van der Waals surface area contributed by atoms with E-state index in [4.69, 9.17) is 0 Å². The molecule has 10 rings (SSSR count). The molecule has 0 aliphatic heterocycles. The summed E-state index contributed by atoms with van der Waals surface area (Å²) in [5.74, 6) is 0. The molecule has 0 amide bonds. The highest BCUT2D eigenvalue weighted by Gasteiger charge is 2.20. The molecule has 54 heavy (non-hydrogen) atoms. The van der Waals surface area contributed by atoms with E-state index in [0.717, 1.165) is 61.6 Å². The third-order valence-electron chi connectivity index (χ3n) is 10.6. The lowest BCUT2D eigenvalue weighted by Gasteiger charge is -2.28. The normalized spacial score (nSPS) is 11.4. The van der Waals surface area contributed by atoms with Gasteiger partial charge in [0.15, 0.2) is 0 Å². The SMILES string of the molecule is Cc1ccccc1N(c1ccccc1)c1cc(-c2cc(C#N)cc(-n3c4ccccc4c4ccccc43)c2)cc(-n2c3ccccc3c3ccccc32)c1. The van der Waals surface area contributed by atoms with Crippen LogP contribution in [-0.4, -0.2) is 9.13 Å². The zero-order chi connectivity index (χ0) is 36.2. The number of nitrogens with zero attached hydrogens (tertiary/aromatic N) is 4. The molecule has 10 aromatic rings. The Hall–Kier alpha value is -7.35. The monoisotopic (exact) mass is 690 g/mol. The zero-order valence-electron chi connectivity index (χ0n) is 29.7. The maximum atomic E-state index is 10.5. The Morgan fingerprint density at radius 3 is 1.39 bits per heavy atom. The molecular formula is C50H34N4. The summed E-state index contributed by atoms with van der Waals surface area (Å²) in [7, 11) is 0. The molecule has 0 N–H and O–H groups in total. The molecule has 2 aromatic heterocycles. The van der Waals surface area contributed by atoms with Crippen LogP contribution in [0, 0.1) is 18.3 Å². The van der Waals surface area contributed by atoms with Crippen molar-refractivity contribution in [3.05, 3.63) is 199 Å². The summed E-state index contributed by atoms with van der Waals surface area (Å²) in [4.78, 5) is 2.35. The Morgan fingerprint density at radius 1 is 0.426 bits per heavy atom. The predicted molar refractivity (Wildman–Crippen MR) is 225 cm³/mol. The second-order valence-electron chi connectivity index (χ2n) is 13.8. The molecule has 0 bridgehead atoms. The largest absolute Gasteiger partial charge is 0.310 e. The van der Waals surface area contributed by atoms with Crippen molar-refractivity contribution in [2.45, 2.75) is 6.92 Å². The number of anilines is 3. The molecule has 0 atom stereocenters. The van der Waals surface area contributed by atoms with E-state index in [1.165, 1.54) is 27.1 Å². The van der Waals surface area contributed by atoms with Crippen molar-refractivity contribution in [3.8, 4) is 28.6 Å². The summed E-state index contributed by atoms with van der Waals surface area (Å²) in [6, 6.07) is 69.0. The topological polar surface area (TPSA) is 36.9 Å². The first-order chi connectivity index (χ1) is 26.7. The van der Waals surface area contributed by atoms with E-state index >= 15 is 0 Å². The van der Waals surface area contributed by atoms with Gasteiger partial charge in [-0.2, -0.15) is 5.26 Å². The van der Waals surface area contributed by atoms with Gasteiger partial charge in [0.1, 0.15) is 0 Å². The number of para-hydroxylation sites is 6. The smallest absolute Gasteiger partial charge is 0.0992 e. The molecule has 2 heterocycles. The van der Waals surface area contributed by atoms with Crippen LogP contribution in [0.3, 0.4) is 0 Å². The van der Waals surface area contributed by atoms with Gasteiger partial charge >= 0.3 is 0 Å². The van der Waals surface area contributed by atoms with Crippen LogP contribution in [0.2, 0.25) is 0 Å². The van der Waals surface area contributed by atoms with Gasteiger partial charge in [0, 0.05) is 50.0 Å². The van der Waals surface area contributed by atoms with Gasteiger partial charge < -0.3 is 14.0 Å². The molecule has 0 radical (unpaired) electrons. The molecule has 0 unspecified atom stereocenters. The Morgan fingerprint density at radius 2 is 0.870 bits per heavy atom. The van der Waals surface area contributed by atoms with Gasteiger partial charge in [-0.25, -0.2) is 0 Å². The average molecular weight is 691 g/mol. The number of aromatic nitrogens is 2. The summed E-state index contributed by atoms with van der Waals surface area (Å²) >= 11 is 0. The number of hydrogen-bond acceptors (Lipinski definition) is 2. The fourth-order valence-electron chi connectivity index (χ4n) is 8.21. The number of fused-ring (bicyclic) bond motifs is 6. The van der Waals surface area contributed by atoms with Crippen LogP contribution in [0.25, 0.3) is 66.1 Å². The van der Waals surface area contributed by atoms with E-state index in [2.05, 4.69) is 203 Å². The van der Waals surface area contributed by atoms with Crippen molar-refractivity contribution < 1.29 is 0 Å². The first-order valence-electron chi connectivity index (χ1n) is 18.2. The fourth-order valence-corrected chi connectivity index (χ4v) is 8.21. The van der Waals surface area contributed by atoms with Crippen molar-refractivity contribution >= 4 is 60.7 Å². The van der Waals surface area contributed by atoms with E-state index in [1.54, 1.807) is 0 Å². The Balaban J connectivity index is 1.29. The van der Waals surface area contributed by atoms with Gasteiger partial charge in [0.25, 0.3) is 0 Å². The predicted octanol–water partition coefficient (Wildman–Crippen LogP) is 13.2. The lowest BCUT2D eigenvalue weighted by Crippen LogP contribution is -2.12. The van der Waals surface area contributed by atoms with Crippen LogP contribution in [-0.2, 0) is 0 Å². The lowest BCUT2D eigenvalue weighted by molar-refractivity contribution is 1.16. The molecule has 0 spiro atoms. The van der Waals surface area contributed by atoms with Crippen molar-refractivity contribution in [1.29, 1.82) is 5.26 Å². The maximum absolute atomic E-state index is 10.5. The van der Waals surface area contributed by atoms with E-state index in [1.807, 2.05) is 12.1 Å². The Bertz CT molecular complexity index is 2980. The molecule has 0 fully saturated rings. The molecule has 4 heteroatoms. The lowest BCUT2D eigenvalue weighted by atomic mass is 9.99. The van der Waals surface area contributed by atoms with E-state index in [9.17, 15) is 5.26 Å². The molecule has 0 saturated heterocycles. The summed E-state index contributed by atoms with van der Waals surface area (Å²) in [5, 5.41) is 15.3. The van der Waals surface area contributed by atoms with Gasteiger partial charge in [0.2, 0.25) is 0 Å². The van der Waals surface area contributed by atoms with Crippen molar-refractivity contribution in [2.75, 3.05) is 4.90 Å². The zero-order valence-corrected chi connectivity index (χ0v) is 29.7. The number of aryl methyl sites for hydroxylation is 1. The summed E-state index contributed by atoms with van der Waals surface area (Å²) in [5.41, 5.74) is 13.4. The highest BCUT2D eigenvalue weighted by atomic mass is 15.1. The van der Waals surface area contributed by atoms with Crippen LogP contribution in [0.15, 0.2) is 188 Å². The van der Waals surface area contributed by atoms with E-state index in [0.29, 0.717) is 5.56 Å². The van der Waals surface area contributed by atoms with Gasteiger partial charge in [-0.05, 0) is 102 Å². The molecule has 0 saturated carbocycles. The first-order valence-corrected chi connectivity index (χ1v) is 18.2. The van der Waals surface area contributed by atoms with Crippen LogP contribution >= 0.6 is 0 Å². The highest BCUT2D eigenvalue weighted by Crippen LogP contribution is 2.42. The minimum absolute atomic E-state index is 0.604. The van der Waals surface area contributed by atoms with Gasteiger partial charge in [-0.3, -0.25) is 0 Å². The Labute approximate surface area is 313 Å². The van der Waals surface area contributed by atoms with Crippen molar-refractivity contribution in [1.82, 2.24) is 9.13 Å². The third-order valence-corrected chi connectivity index (χ3v) is 10.6. The van der Waals surface area contributed by atoms with Crippen LogP contribution in [0.5, 0.6) is 0 Å². The highest BCUT2D eigenvalue weighted by molar-refractivity contribution is 6.10. The minimum atomic E-state index is 0.604. The third kappa shape index (κ3) is 5.06. The van der Waals surface area contributed by atoms with Gasteiger partial charge in [-0.1, -0.05) is 109 Å². The molecule has 0 aliphatic carbocycles. The van der Waals surface area contributed by atoms with Crippen LogP contribution in [0.4, 0.5) is 17.1 Å². The van der Waals surface area contributed by atoms with E-state index in [-0.39, 0.29) is 0 Å². The summed E-state index contributed by atoms with van der Waals surface area (Å²) in [6.07, 6.45) is 0. The molecule has 8 aromatic carbocycles. The standard InChI is InChI=1S/C50H34N4/c1-34-15-5-10-22-46(34)52(38-16-3-2-4-17-38)40-30-37(31-41(32-40)54-49-25-13-8-20-44(49)45-21-9-14-26-50(45)54)36-27-35(33-51)28-39(29-36)53-47-23-11-6-18-42(47)43-19-7-12-24-48(43)53/h2-32H,1H3. The van der Waals surface area contributed by atoms with Crippen molar-refractivity contribution in [3.63, 3.8) is 0 Å².